The normalized spacial score (nSPS) is 26.1. The molecule has 3 atom stereocenters. The van der Waals surface area contributed by atoms with Crippen molar-refractivity contribution in [1.29, 1.82) is 0 Å². The first-order valence-corrected chi connectivity index (χ1v) is 6.56. The molecular weight excluding hydrogens is 259 g/mol. The van der Waals surface area contributed by atoms with Crippen LogP contribution < -0.4 is 0 Å². The van der Waals surface area contributed by atoms with Gasteiger partial charge in [0, 0.05) is 22.4 Å². The molecule has 1 aromatic carbocycles. The van der Waals surface area contributed by atoms with Crippen LogP contribution in [-0.2, 0) is 11.2 Å². The third-order valence-corrected chi connectivity index (χ3v) is 3.96. The zero-order valence-corrected chi connectivity index (χ0v) is 11.2. The highest BCUT2D eigenvalue weighted by Gasteiger charge is 2.29. The molecule has 1 aromatic rings. The molecule has 0 aromatic heterocycles. The van der Waals surface area contributed by atoms with Gasteiger partial charge < -0.3 is 9.84 Å². The molecule has 1 saturated heterocycles. The third-order valence-electron chi connectivity index (χ3n) is 3.25. The molecule has 1 fully saturated rings. The highest BCUT2D eigenvalue weighted by molar-refractivity contribution is 6.35. The van der Waals surface area contributed by atoms with Crippen molar-refractivity contribution in [2.75, 3.05) is 6.61 Å². The fraction of sp³-hybridized carbons (Fsp3) is 0.538. The molecule has 94 valence electrons. The van der Waals surface area contributed by atoms with E-state index in [0.717, 1.165) is 12.0 Å². The predicted octanol–water partition coefficient (Wildman–Crippen LogP) is 3.32. The lowest BCUT2D eigenvalue weighted by atomic mass is 9.94. The van der Waals surface area contributed by atoms with Crippen molar-refractivity contribution >= 4 is 23.2 Å². The number of halogens is 2. The highest BCUT2D eigenvalue weighted by atomic mass is 35.5. The molecule has 0 spiro atoms. The summed E-state index contributed by atoms with van der Waals surface area (Å²) in [6, 6.07) is 5.40. The van der Waals surface area contributed by atoms with Crippen LogP contribution in [0, 0.1) is 5.92 Å². The first kappa shape index (κ1) is 13.2. The maximum Gasteiger partial charge on any atom is 0.0632 e. The van der Waals surface area contributed by atoms with Gasteiger partial charge in [0.05, 0.1) is 18.8 Å². The van der Waals surface area contributed by atoms with Crippen molar-refractivity contribution in [3.8, 4) is 0 Å². The second-order valence-electron chi connectivity index (χ2n) is 4.61. The van der Waals surface area contributed by atoms with Crippen LogP contribution in [0.15, 0.2) is 18.2 Å². The lowest BCUT2D eigenvalue weighted by Gasteiger charge is -2.18. The molecule has 1 aliphatic heterocycles. The Bertz CT molecular complexity index is 375. The number of ether oxygens (including phenoxy) is 1. The first-order valence-electron chi connectivity index (χ1n) is 5.80. The van der Waals surface area contributed by atoms with Crippen molar-refractivity contribution in [2.45, 2.75) is 32.0 Å². The SMILES string of the molecule is CC1CC(C(O)Cc2c(Cl)cccc2Cl)CO1. The van der Waals surface area contributed by atoms with E-state index in [4.69, 9.17) is 27.9 Å². The second-order valence-corrected chi connectivity index (χ2v) is 5.43. The topological polar surface area (TPSA) is 29.5 Å². The van der Waals surface area contributed by atoms with Crippen LogP contribution in [0.5, 0.6) is 0 Å². The van der Waals surface area contributed by atoms with E-state index >= 15 is 0 Å². The average Bonchev–Trinajstić information content (AvgIpc) is 2.70. The van der Waals surface area contributed by atoms with Crippen LogP contribution in [0.3, 0.4) is 0 Å². The number of aliphatic hydroxyl groups excluding tert-OH is 1. The van der Waals surface area contributed by atoms with Gasteiger partial charge in [0.2, 0.25) is 0 Å². The Hall–Kier alpha value is -0.280. The second kappa shape index (κ2) is 5.57. The van der Waals surface area contributed by atoms with Gasteiger partial charge in [0.25, 0.3) is 0 Å². The van der Waals surface area contributed by atoms with E-state index in [0.29, 0.717) is 23.1 Å². The minimum atomic E-state index is -0.447. The summed E-state index contributed by atoms with van der Waals surface area (Å²) < 4.78 is 5.46. The van der Waals surface area contributed by atoms with E-state index in [1.807, 2.05) is 6.92 Å². The molecule has 2 rings (SSSR count). The molecule has 1 aliphatic rings. The van der Waals surface area contributed by atoms with E-state index in [1.165, 1.54) is 0 Å². The summed E-state index contributed by atoms with van der Waals surface area (Å²) in [7, 11) is 0. The van der Waals surface area contributed by atoms with Crippen LogP contribution in [0.1, 0.15) is 18.9 Å². The van der Waals surface area contributed by atoms with Gasteiger partial charge in [0.15, 0.2) is 0 Å². The number of benzene rings is 1. The minimum absolute atomic E-state index is 0.178. The number of hydrogen-bond acceptors (Lipinski definition) is 2. The lowest BCUT2D eigenvalue weighted by molar-refractivity contribution is 0.0807. The van der Waals surface area contributed by atoms with Gasteiger partial charge in [-0.1, -0.05) is 29.3 Å². The third kappa shape index (κ3) is 3.14. The summed E-state index contributed by atoms with van der Waals surface area (Å²) in [5.74, 6) is 0.178. The van der Waals surface area contributed by atoms with E-state index in [2.05, 4.69) is 0 Å². The fourth-order valence-corrected chi connectivity index (χ4v) is 2.77. The van der Waals surface area contributed by atoms with Crippen LogP contribution in [-0.4, -0.2) is 23.9 Å². The zero-order chi connectivity index (χ0) is 12.4. The molecule has 4 heteroatoms. The van der Waals surface area contributed by atoms with Crippen LogP contribution in [0.2, 0.25) is 10.0 Å². The maximum absolute atomic E-state index is 10.2. The zero-order valence-electron chi connectivity index (χ0n) is 9.70. The Morgan fingerprint density at radius 2 is 2.06 bits per heavy atom. The van der Waals surface area contributed by atoms with Gasteiger partial charge in [-0.25, -0.2) is 0 Å². The van der Waals surface area contributed by atoms with E-state index in [1.54, 1.807) is 18.2 Å². The molecule has 1 N–H and O–H groups in total. The highest BCUT2D eigenvalue weighted by Crippen LogP contribution is 2.29. The van der Waals surface area contributed by atoms with Crippen molar-refractivity contribution < 1.29 is 9.84 Å². The summed E-state index contributed by atoms with van der Waals surface area (Å²) in [6.07, 6.45) is 1.16. The number of aliphatic hydroxyl groups is 1. The summed E-state index contributed by atoms with van der Waals surface area (Å²) in [5.41, 5.74) is 0.822. The quantitative estimate of drug-likeness (QED) is 0.917. The molecule has 0 bridgehead atoms. The monoisotopic (exact) mass is 274 g/mol. The molecular formula is C13H16Cl2O2. The molecule has 2 nitrogen and oxygen atoms in total. The Balaban J connectivity index is 2.05. The Morgan fingerprint density at radius 3 is 2.59 bits per heavy atom. The van der Waals surface area contributed by atoms with Gasteiger partial charge in [-0.2, -0.15) is 0 Å². The summed E-state index contributed by atoms with van der Waals surface area (Å²) in [5, 5.41) is 11.4. The number of hydrogen-bond donors (Lipinski definition) is 1. The first-order chi connectivity index (χ1) is 8.08. The van der Waals surface area contributed by atoms with Gasteiger partial charge in [-0.15, -0.1) is 0 Å². The summed E-state index contributed by atoms with van der Waals surface area (Å²) in [4.78, 5) is 0. The molecule has 3 unspecified atom stereocenters. The molecule has 0 saturated carbocycles. The van der Waals surface area contributed by atoms with Crippen LogP contribution >= 0.6 is 23.2 Å². The van der Waals surface area contributed by atoms with Crippen molar-refractivity contribution in [1.82, 2.24) is 0 Å². The Labute approximate surface area is 111 Å². The van der Waals surface area contributed by atoms with Gasteiger partial charge in [-0.3, -0.25) is 0 Å². The van der Waals surface area contributed by atoms with Crippen molar-refractivity contribution in [3.05, 3.63) is 33.8 Å². The molecule has 1 heterocycles. The van der Waals surface area contributed by atoms with Crippen molar-refractivity contribution in [2.24, 2.45) is 5.92 Å². The van der Waals surface area contributed by atoms with E-state index < -0.39 is 6.10 Å². The summed E-state index contributed by atoms with van der Waals surface area (Å²) >= 11 is 12.2. The predicted molar refractivity (Wildman–Crippen MR) is 69.7 cm³/mol. The molecule has 0 aliphatic carbocycles. The molecule has 17 heavy (non-hydrogen) atoms. The fourth-order valence-electron chi connectivity index (χ4n) is 2.22. The van der Waals surface area contributed by atoms with Crippen LogP contribution in [0.4, 0.5) is 0 Å². The Kier molecular flexibility index (Phi) is 4.31. The standard InChI is InChI=1S/C13H16Cl2O2/c1-8-5-9(7-17-8)13(16)6-10-11(14)3-2-4-12(10)15/h2-4,8-9,13,16H,5-7H2,1H3. The Morgan fingerprint density at radius 1 is 1.41 bits per heavy atom. The van der Waals surface area contributed by atoms with Crippen molar-refractivity contribution in [3.63, 3.8) is 0 Å². The summed E-state index contributed by atoms with van der Waals surface area (Å²) in [6.45, 7) is 2.64. The molecule has 0 amide bonds. The maximum atomic E-state index is 10.2. The van der Waals surface area contributed by atoms with Gasteiger partial charge >= 0.3 is 0 Å². The molecule has 0 radical (unpaired) electrons. The van der Waals surface area contributed by atoms with Gasteiger partial charge in [-0.05, 0) is 31.0 Å². The average molecular weight is 275 g/mol. The smallest absolute Gasteiger partial charge is 0.0632 e. The van der Waals surface area contributed by atoms with Gasteiger partial charge in [0.1, 0.15) is 0 Å². The van der Waals surface area contributed by atoms with Crippen LogP contribution in [0.25, 0.3) is 0 Å². The van der Waals surface area contributed by atoms with E-state index in [9.17, 15) is 5.11 Å². The minimum Gasteiger partial charge on any atom is -0.392 e. The lowest BCUT2D eigenvalue weighted by Crippen LogP contribution is -2.23. The van der Waals surface area contributed by atoms with E-state index in [-0.39, 0.29) is 12.0 Å². The number of rotatable bonds is 3. The largest absolute Gasteiger partial charge is 0.392 e.